The van der Waals surface area contributed by atoms with Crippen molar-refractivity contribution in [1.29, 1.82) is 0 Å². The Balaban J connectivity index is 1.23. The lowest BCUT2D eigenvalue weighted by molar-refractivity contribution is 0.0141. The Morgan fingerprint density at radius 1 is 1.38 bits per heavy atom. The standard InChI is InChI=1S/C18H20N8O3/c1-9-13(25-29-24-9)17(27)19-4-10-11-5-26(6-18(11)3-2-12(10)28-18)16-14-15(21-7-20-14)22-8-23-16/h7-8,10-12H,2-6H2,1H3,(H,19,27)(H,20,21,22,23)/t10-,11+,12+,18+/m0/s1. The molecule has 4 atom stereocenters. The molecule has 0 unspecified atom stereocenters. The summed E-state index contributed by atoms with van der Waals surface area (Å²) >= 11 is 0. The van der Waals surface area contributed by atoms with E-state index in [0.29, 0.717) is 23.8 Å². The highest BCUT2D eigenvalue weighted by atomic mass is 16.6. The average molecular weight is 396 g/mol. The fourth-order valence-corrected chi connectivity index (χ4v) is 5.35. The average Bonchev–Trinajstić information content (AvgIpc) is 3.51. The quantitative estimate of drug-likeness (QED) is 0.644. The molecular formula is C18H20N8O3. The molecule has 0 radical (unpaired) electrons. The first kappa shape index (κ1) is 16.8. The number of hydrogen-bond acceptors (Lipinski definition) is 9. The van der Waals surface area contributed by atoms with Crippen LogP contribution < -0.4 is 10.2 Å². The molecule has 6 rings (SSSR count). The van der Waals surface area contributed by atoms with Crippen molar-refractivity contribution >= 4 is 22.9 Å². The number of ether oxygens (including phenoxy) is 1. The fourth-order valence-electron chi connectivity index (χ4n) is 5.35. The van der Waals surface area contributed by atoms with Gasteiger partial charge in [-0.1, -0.05) is 5.16 Å². The van der Waals surface area contributed by atoms with Gasteiger partial charge in [0.25, 0.3) is 5.91 Å². The summed E-state index contributed by atoms with van der Waals surface area (Å²) in [5, 5.41) is 10.4. The Bertz CT molecular complexity index is 1100. The Morgan fingerprint density at radius 3 is 3.17 bits per heavy atom. The highest BCUT2D eigenvalue weighted by molar-refractivity contribution is 5.93. The third-order valence-corrected chi connectivity index (χ3v) is 6.65. The van der Waals surface area contributed by atoms with E-state index in [9.17, 15) is 4.79 Å². The van der Waals surface area contributed by atoms with Crippen LogP contribution in [0.25, 0.3) is 11.2 Å². The highest BCUT2D eigenvalue weighted by Gasteiger charge is 2.63. The van der Waals surface area contributed by atoms with Gasteiger partial charge in [0.2, 0.25) is 0 Å². The second-order valence-electron chi connectivity index (χ2n) is 8.12. The lowest BCUT2D eigenvalue weighted by Gasteiger charge is -2.29. The van der Waals surface area contributed by atoms with Gasteiger partial charge in [0.05, 0.1) is 18.0 Å². The number of nitrogens with zero attached hydrogens (tertiary/aromatic N) is 6. The van der Waals surface area contributed by atoms with Gasteiger partial charge in [0, 0.05) is 31.5 Å². The van der Waals surface area contributed by atoms with E-state index in [4.69, 9.17) is 4.74 Å². The number of aryl methyl sites for hydroxylation is 1. The molecule has 6 heterocycles. The predicted octanol–water partition coefficient (Wildman–Crippen LogP) is 0.458. The highest BCUT2D eigenvalue weighted by Crippen LogP contribution is 2.55. The summed E-state index contributed by atoms with van der Waals surface area (Å²) in [6, 6.07) is 0. The maximum atomic E-state index is 12.4. The summed E-state index contributed by atoms with van der Waals surface area (Å²) in [4.78, 5) is 30.8. The molecule has 11 nitrogen and oxygen atoms in total. The van der Waals surface area contributed by atoms with E-state index in [0.717, 1.165) is 37.3 Å². The molecule has 11 heteroatoms. The molecule has 0 aliphatic carbocycles. The first-order valence-corrected chi connectivity index (χ1v) is 9.79. The fraction of sp³-hybridized carbons (Fsp3) is 0.556. The Hall–Kier alpha value is -3.08. The summed E-state index contributed by atoms with van der Waals surface area (Å²) in [7, 11) is 0. The smallest absolute Gasteiger partial charge is 0.275 e. The van der Waals surface area contributed by atoms with E-state index in [1.807, 2.05) is 0 Å². The van der Waals surface area contributed by atoms with Crippen LogP contribution in [-0.2, 0) is 4.74 Å². The molecule has 0 aromatic carbocycles. The summed E-state index contributed by atoms with van der Waals surface area (Å²) in [6.45, 7) is 3.86. The molecule has 3 aliphatic heterocycles. The van der Waals surface area contributed by atoms with Gasteiger partial charge in [-0.2, -0.15) is 0 Å². The van der Waals surface area contributed by atoms with Crippen LogP contribution in [0.4, 0.5) is 5.82 Å². The van der Waals surface area contributed by atoms with Crippen molar-refractivity contribution < 1.29 is 14.2 Å². The van der Waals surface area contributed by atoms with Crippen molar-refractivity contribution in [3.8, 4) is 0 Å². The molecule has 2 bridgehead atoms. The number of imidazole rings is 1. The second kappa shape index (κ2) is 5.96. The van der Waals surface area contributed by atoms with Crippen LogP contribution in [0.3, 0.4) is 0 Å². The minimum atomic E-state index is -0.259. The molecular weight excluding hydrogens is 376 g/mol. The number of aromatic amines is 1. The lowest BCUT2D eigenvalue weighted by atomic mass is 9.73. The Labute approximate surface area is 165 Å². The van der Waals surface area contributed by atoms with Gasteiger partial charge >= 0.3 is 0 Å². The maximum absolute atomic E-state index is 12.4. The molecule has 29 heavy (non-hydrogen) atoms. The van der Waals surface area contributed by atoms with Gasteiger partial charge in [-0.15, -0.1) is 0 Å². The summed E-state index contributed by atoms with van der Waals surface area (Å²) in [5.74, 6) is 1.17. The molecule has 3 aromatic heterocycles. The van der Waals surface area contributed by atoms with Gasteiger partial charge in [0.1, 0.15) is 17.5 Å². The summed E-state index contributed by atoms with van der Waals surface area (Å²) < 4.78 is 11.1. The predicted molar refractivity (Wildman–Crippen MR) is 99.1 cm³/mol. The van der Waals surface area contributed by atoms with Gasteiger partial charge in [0.15, 0.2) is 17.2 Å². The van der Waals surface area contributed by atoms with Gasteiger partial charge < -0.3 is 19.9 Å². The van der Waals surface area contributed by atoms with E-state index in [2.05, 4.69) is 45.1 Å². The zero-order chi connectivity index (χ0) is 19.6. The number of anilines is 1. The number of carbonyl (C=O) groups excluding carboxylic acids is 1. The van der Waals surface area contributed by atoms with Gasteiger partial charge in [-0.3, -0.25) is 4.79 Å². The Morgan fingerprint density at radius 2 is 2.31 bits per heavy atom. The third-order valence-electron chi connectivity index (χ3n) is 6.65. The van der Waals surface area contributed by atoms with Crippen LogP contribution in [0, 0.1) is 18.8 Å². The van der Waals surface area contributed by atoms with E-state index in [1.54, 1.807) is 19.6 Å². The van der Waals surface area contributed by atoms with Crippen LogP contribution in [0.2, 0.25) is 0 Å². The van der Waals surface area contributed by atoms with Gasteiger partial charge in [-0.25, -0.2) is 19.6 Å². The number of carbonyl (C=O) groups is 1. The number of fused-ring (bicyclic) bond motifs is 2. The summed E-state index contributed by atoms with van der Waals surface area (Å²) in [5.41, 5.74) is 2.05. The van der Waals surface area contributed by atoms with Crippen molar-refractivity contribution in [2.75, 3.05) is 24.5 Å². The molecule has 1 amide bonds. The van der Waals surface area contributed by atoms with Crippen molar-refractivity contribution in [3.05, 3.63) is 24.0 Å². The van der Waals surface area contributed by atoms with Crippen LogP contribution in [0.15, 0.2) is 17.3 Å². The normalized spacial score (nSPS) is 30.2. The van der Waals surface area contributed by atoms with Crippen molar-refractivity contribution in [3.63, 3.8) is 0 Å². The number of amides is 1. The van der Waals surface area contributed by atoms with E-state index < -0.39 is 0 Å². The maximum Gasteiger partial charge on any atom is 0.275 e. The molecule has 3 fully saturated rings. The largest absolute Gasteiger partial charge is 0.369 e. The third kappa shape index (κ3) is 2.40. The van der Waals surface area contributed by atoms with E-state index >= 15 is 0 Å². The molecule has 150 valence electrons. The molecule has 3 aromatic rings. The molecule has 2 N–H and O–H groups in total. The summed E-state index contributed by atoms with van der Waals surface area (Å²) in [6.07, 6.45) is 5.41. The first-order valence-electron chi connectivity index (χ1n) is 9.79. The number of H-pyrrole nitrogens is 1. The van der Waals surface area contributed by atoms with Crippen LogP contribution in [0.1, 0.15) is 29.0 Å². The Kier molecular flexibility index (Phi) is 3.46. The number of rotatable bonds is 4. The zero-order valence-electron chi connectivity index (χ0n) is 15.8. The monoisotopic (exact) mass is 396 g/mol. The van der Waals surface area contributed by atoms with Crippen LogP contribution in [0.5, 0.6) is 0 Å². The number of aromatic nitrogens is 6. The van der Waals surface area contributed by atoms with Crippen molar-refractivity contribution in [1.82, 2.24) is 35.6 Å². The topological polar surface area (TPSA) is 135 Å². The molecule has 3 aliphatic rings. The van der Waals surface area contributed by atoms with Crippen LogP contribution in [-0.4, -0.2) is 67.5 Å². The minimum absolute atomic E-state index is 0.177. The minimum Gasteiger partial charge on any atom is -0.369 e. The van der Waals surface area contributed by atoms with Crippen LogP contribution >= 0.6 is 0 Å². The molecule has 0 saturated carbocycles. The van der Waals surface area contributed by atoms with Crippen molar-refractivity contribution in [2.45, 2.75) is 31.5 Å². The lowest BCUT2D eigenvalue weighted by Crippen LogP contribution is -2.42. The second-order valence-corrected chi connectivity index (χ2v) is 8.12. The molecule has 1 spiro atoms. The molecule has 3 saturated heterocycles. The van der Waals surface area contributed by atoms with E-state index in [1.165, 1.54) is 0 Å². The van der Waals surface area contributed by atoms with Gasteiger partial charge in [-0.05, 0) is 24.9 Å². The SMILES string of the molecule is Cc1nonc1C(=O)NC[C@H]1[C@H]2CN(c3ncnc4nc[nH]c34)C[C@]23CC[C@H]1O3. The number of hydrogen-bond donors (Lipinski definition) is 2. The number of nitrogens with one attached hydrogen (secondary N) is 2. The van der Waals surface area contributed by atoms with Crippen molar-refractivity contribution in [2.24, 2.45) is 11.8 Å². The zero-order valence-corrected chi connectivity index (χ0v) is 15.8. The first-order chi connectivity index (χ1) is 14.1. The van der Waals surface area contributed by atoms with E-state index in [-0.39, 0.29) is 29.2 Å².